The molecule has 4 rings (SSSR count). The molecule has 0 aliphatic heterocycles. The number of anilines is 1. The number of benzene rings is 3. The Balaban J connectivity index is 1.39. The van der Waals surface area contributed by atoms with Crippen molar-refractivity contribution in [2.75, 3.05) is 11.9 Å². The van der Waals surface area contributed by atoms with E-state index in [1.165, 1.54) is 5.56 Å². The fraction of sp³-hybridized carbons (Fsp3) is 0.179. The van der Waals surface area contributed by atoms with Gasteiger partial charge in [-0.05, 0) is 36.6 Å². The van der Waals surface area contributed by atoms with E-state index in [-0.39, 0.29) is 24.7 Å². The summed E-state index contributed by atoms with van der Waals surface area (Å²) in [6, 6.07) is 29.6. The molecule has 6 nitrogen and oxygen atoms in total. The highest BCUT2D eigenvalue weighted by atomic mass is 16.2. The Bertz CT molecular complexity index is 1250. The smallest absolute Gasteiger partial charge is 0.226 e. The van der Waals surface area contributed by atoms with Gasteiger partial charge in [0.2, 0.25) is 11.8 Å². The summed E-state index contributed by atoms with van der Waals surface area (Å²) < 4.78 is 1.73. The molecular formula is C28H28N4O2. The number of carbonyl (C=O) groups is 2. The fourth-order valence-corrected chi connectivity index (χ4v) is 3.69. The highest BCUT2D eigenvalue weighted by Crippen LogP contribution is 2.25. The second-order valence-electron chi connectivity index (χ2n) is 8.17. The van der Waals surface area contributed by atoms with Crippen molar-refractivity contribution in [3.63, 3.8) is 0 Å². The Kier molecular flexibility index (Phi) is 7.50. The van der Waals surface area contributed by atoms with Gasteiger partial charge in [0.05, 0.1) is 11.4 Å². The standard InChI is InChI=1S/C28H28N4O2/c1-21-9-8-14-24(19-21)32-26(20-25(31-32)23-12-6-3-7-13-23)30-28(34)16-15-27(33)29-18-17-22-10-4-2-5-11-22/h2-14,19-20H,15-18H2,1H3,(H,29,33)(H,30,34). The molecule has 3 aromatic carbocycles. The quantitative estimate of drug-likeness (QED) is 0.378. The van der Waals surface area contributed by atoms with E-state index in [1.807, 2.05) is 97.9 Å². The summed E-state index contributed by atoms with van der Waals surface area (Å²) >= 11 is 0. The summed E-state index contributed by atoms with van der Waals surface area (Å²) in [5.41, 5.74) is 4.84. The van der Waals surface area contributed by atoms with Gasteiger partial charge in [-0.15, -0.1) is 0 Å². The summed E-state index contributed by atoms with van der Waals surface area (Å²) in [5, 5.41) is 10.6. The molecule has 0 saturated heterocycles. The maximum Gasteiger partial charge on any atom is 0.226 e. The van der Waals surface area contributed by atoms with Crippen LogP contribution in [0, 0.1) is 6.92 Å². The van der Waals surface area contributed by atoms with Crippen LogP contribution in [0.5, 0.6) is 0 Å². The van der Waals surface area contributed by atoms with Gasteiger partial charge in [0.15, 0.2) is 0 Å². The van der Waals surface area contributed by atoms with Gasteiger partial charge in [-0.3, -0.25) is 9.59 Å². The Morgan fingerprint density at radius 2 is 1.53 bits per heavy atom. The van der Waals surface area contributed by atoms with Crippen LogP contribution in [0.1, 0.15) is 24.0 Å². The highest BCUT2D eigenvalue weighted by molar-refractivity contribution is 5.93. The second-order valence-corrected chi connectivity index (χ2v) is 8.17. The minimum atomic E-state index is -0.230. The predicted octanol–water partition coefficient (Wildman–Crippen LogP) is 4.93. The lowest BCUT2D eigenvalue weighted by Gasteiger charge is -2.10. The van der Waals surface area contributed by atoms with Crippen LogP contribution in [-0.4, -0.2) is 28.1 Å². The number of hydrogen-bond donors (Lipinski definition) is 2. The minimum Gasteiger partial charge on any atom is -0.356 e. The molecule has 0 saturated carbocycles. The lowest BCUT2D eigenvalue weighted by atomic mass is 10.1. The first kappa shape index (κ1) is 23.0. The number of aromatic nitrogens is 2. The van der Waals surface area contributed by atoms with Crippen molar-refractivity contribution in [1.82, 2.24) is 15.1 Å². The zero-order valence-corrected chi connectivity index (χ0v) is 19.2. The van der Waals surface area contributed by atoms with Crippen LogP contribution >= 0.6 is 0 Å². The molecule has 172 valence electrons. The number of carbonyl (C=O) groups excluding carboxylic acids is 2. The molecule has 0 spiro atoms. The van der Waals surface area contributed by atoms with Crippen molar-refractivity contribution in [2.45, 2.75) is 26.2 Å². The van der Waals surface area contributed by atoms with Crippen LogP contribution in [0.3, 0.4) is 0 Å². The molecule has 4 aromatic rings. The van der Waals surface area contributed by atoms with Crippen LogP contribution in [-0.2, 0) is 16.0 Å². The fourth-order valence-electron chi connectivity index (χ4n) is 3.69. The van der Waals surface area contributed by atoms with E-state index in [4.69, 9.17) is 5.10 Å². The maximum absolute atomic E-state index is 12.7. The third-order valence-corrected chi connectivity index (χ3v) is 5.45. The third kappa shape index (κ3) is 6.19. The molecule has 2 amide bonds. The molecule has 0 aliphatic carbocycles. The van der Waals surface area contributed by atoms with Crippen molar-refractivity contribution in [3.8, 4) is 16.9 Å². The zero-order valence-electron chi connectivity index (χ0n) is 19.2. The number of amides is 2. The summed E-state index contributed by atoms with van der Waals surface area (Å²) in [4.78, 5) is 24.9. The van der Waals surface area contributed by atoms with Gasteiger partial charge in [-0.25, -0.2) is 4.68 Å². The summed E-state index contributed by atoms with van der Waals surface area (Å²) in [6.07, 6.45) is 0.984. The average Bonchev–Trinajstić information content (AvgIpc) is 3.28. The Morgan fingerprint density at radius 1 is 0.824 bits per heavy atom. The number of nitrogens with one attached hydrogen (secondary N) is 2. The van der Waals surface area contributed by atoms with Crippen molar-refractivity contribution >= 4 is 17.6 Å². The summed E-state index contributed by atoms with van der Waals surface area (Å²) in [6.45, 7) is 2.56. The molecule has 34 heavy (non-hydrogen) atoms. The minimum absolute atomic E-state index is 0.0941. The number of hydrogen-bond acceptors (Lipinski definition) is 3. The van der Waals surface area contributed by atoms with Gasteiger partial charge < -0.3 is 10.6 Å². The van der Waals surface area contributed by atoms with E-state index in [9.17, 15) is 9.59 Å². The first-order valence-electron chi connectivity index (χ1n) is 11.4. The van der Waals surface area contributed by atoms with Crippen LogP contribution in [0.4, 0.5) is 5.82 Å². The van der Waals surface area contributed by atoms with Gasteiger partial charge in [0.1, 0.15) is 5.82 Å². The molecule has 1 aromatic heterocycles. The predicted molar refractivity (Wildman–Crippen MR) is 135 cm³/mol. The first-order chi connectivity index (χ1) is 16.6. The number of aryl methyl sites for hydroxylation is 1. The normalized spacial score (nSPS) is 10.6. The Morgan fingerprint density at radius 3 is 2.26 bits per heavy atom. The van der Waals surface area contributed by atoms with Gasteiger partial charge >= 0.3 is 0 Å². The molecule has 0 unspecified atom stereocenters. The molecule has 0 atom stereocenters. The molecule has 0 fully saturated rings. The SMILES string of the molecule is Cc1cccc(-n2nc(-c3ccccc3)cc2NC(=O)CCC(=O)NCCc2ccccc2)c1. The largest absolute Gasteiger partial charge is 0.356 e. The van der Waals surface area contributed by atoms with Crippen molar-refractivity contribution in [3.05, 3.63) is 102 Å². The van der Waals surface area contributed by atoms with Gasteiger partial charge in [0, 0.05) is 31.0 Å². The Hall–Kier alpha value is -4.19. The van der Waals surface area contributed by atoms with E-state index in [0.29, 0.717) is 12.4 Å². The summed E-state index contributed by atoms with van der Waals surface area (Å²) in [5.74, 6) is 0.203. The second kappa shape index (κ2) is 11.1. The molecular weight excluding hydrogens is 424 g/mol. The molecule has 0 aliphatic rings. The van der Waals surface area contributed by atoms with Crippen molar-refractivity contribution < 1.29 is 9.59 Å². The molecule has 0 radical (unpaired) electrons. The monoisotopic (exact) mass is 452 g/mol. The lowest BCUT2D eigenvalue weighted by Crippen LogP contribution is -2.27. The lowest BCUT2D eigenvalue weighted by molar-refractivity contribution is -0.124. The van der Waals surface area contributed by atoms with Crippen LogP contribution in [0.2, 0.25) is 0 Å². The van der Waals surface area contributed by atoms with E-state index in [2.05, 4.69) is 10.6 Å². The maximum atomic E-state index is 12.7. The topological polar surface area (TPSA) is 76.0 Å². The molecule has 1 heterocycles. The first-order valence-corrected chi connectivity index (χ1v) is 11.4. The van der Waals surface area contributed by atoms with E-state index in [0.717, 1.165) is 28.9 Å². The Labute approximate surface area is 199 Å². The third-order valence-electron chi connectivity index (χ3n) is 5.45. The number of rotatable bonds is 9. The number of nitrogens with zero attached hydrogens (tertiary/aromatic N) is 2. The average molecular weight is 453 g/mol. The van der Waals surface area contributed by atoms with Crippen molar-refractivity contribution in [1.29, 1.82) is 0 Å². The molecule has 0 bridgehead atoms. The van der Waals surface area contributed by atoms with Gasteiger partial charge in [-0.2, -0.15) is 5.10 Å². The zero-order chi connectivity index (χ0) is 23.8. The van der Waals surface area contributed by atoms with Crippen molar-refractivity contribution in [2.24, 2.45) is 0 Å². The van der Waals surface area contributed by atoms with E-state index in [1.54, 1.807) is 4.68 Å². The summed E-state index contributed by atoms with van der Waals surface area (Å²) in [7, 11) is 0. The van der Waals surface area contributed by atoms with Crippen LogP contribution in [0.25, 0.3) is 16.9 Å². The van der Waals surface area contributed by atoms with Crippen LogP contribution < -0.4 is 10.6 Å². The van der Waals surface area contributed by atoms with Gasteiger partial charge in [-0.1, -0.05) is 72.8 Å². The highest BCUT2D eigenvalue weighted by Gasteiger charge is 2.15. The molecule has 6 heteroatoms. The van der Waals surface area contributed by atoms with E-state index < -0.39 is 0 Å². The van der Waals surface area contributed by atoms with E-state index >= 15 is 0 Å². The van der Waals surface area contributed by atoms with Gasteiger partial charge in [0.25, 0.3) is 0 Å². The van der Waals surface area contributed by atoms with Crippen LogP contribution in [0.15, 0.2) is 91.0 Å². The molecule has 2 N–H and O–H groups in total.